The van der Waals surface area contributed by atoms with Crippen molar-refractivity contribution in [3.05, 3.63) is 28.5 Å². The first kappa shape index (κ1) is 13.3. The summed E-state index contributed by atoms with van der Waals surface area (Å²) in [5.41, 5.74) is 6.40. The van der Waals surface area contributed by atoms with E-state index in [0.29, 0.717) is 13.0 Å². The van der Waals surface area contributed by atoms with E-state index in [1.807, 2.05) is 12.1 Å². The Morgan fingerprint density at radius 1 is 1.56 bits per heavy atom. The first-order valence-electron chi connectivity index (χ1n) is 5.50. The molecule has 0 saturated carbocycles. The predicted octanol–water partition coefficient (Wildman–Crippen LogP) is 2.33. The summed E-state index contributed by atoms with van der Waals surface area (Å²) in [6, 6.07) is 3.76. The number of hydrogen-bond acceptors (Lipinski definition) is 3. The van der Waals surface area contributed by atoms with Crippen molar-refractivity contribution in [3.8, 4) is 0 Å². The Hall–Kier alpha value is -0.740. The summed E-state index contributed by atoms with van der Waals surface area (Å²) in [6.45, 7) is 2.50. The number of ketones is 1. The molecular weight excluding hydrogens is 268 g/mol. The SMILES string of the molecule is CCCC(CN)C(=O)Cc1ccc(Br)cn1. The van der Waals surface area contributed by atoms with Crippen molar-refractivity contribution in [2.24, 2.45) is 11.7 Å². The lowest BCUT2D eigenvalue weighted by Crippen LogP contribution is -2.25. The molecule has 0 aliphatic carbocycles. The van der Waals surface area contributed by atoms with Crippen LogP contribution in [0.2, 0.25) is 0 Å². The van der Waals surface area contributed by atoms with Crippen molar-refractivity contribution >= 4 is 21.7 Å². The van der Waals surface area contributed by atoms with Crippen LogP contribution in [0.4, 0.5) is 0 Å². The minimum atomic E-state index is -0.0181. The first-order valence-corrected chi connectivity index (χ1v) is 6.29. The molecule has 4 heteroatoms. The number of nitrogens with two attached hydrogens (primary N) is 1. The quantitative estimate of drug-likeness (QED) is 0.872. The second-order valence-corrected chi connectivity index (χ2v) is 4.75. The summed E-state index contributed by atoms with van der Waals surface area (Å²) in [5, 5.41) is 0. The van der Waals surface area contributed by atoms with Gasteiger partial charge in [-0.25, -0.2) is 0 Å². The molecule has 88 valence electrons. The van der Waals surface area contributed by atoms with Gasteiger partial charge >= 0.3 is 0 Å². The van der Waals surface area contributed by atoms with Crippen molar-refractivity contribution in [2.45, 2.75) is 26.2 Å². The molecule has 1 atom stereocenters. The van der Waals surface area contributed by atoms with Gasteiger partial charge in [-0.3, -0.25) is 9.78 Å². The Morgan fingerprint density at radius 3 is 2.81 bits per heavy atom. The number of halogens is 1. The maximum atomic E-state index is 11.9. The summed E-state index contributed by atoms with van der Waals surface area (Å²) >= 11 is 3.31. The summed E-state index contributed by atoms with van der Waals surface area (Å²) in [4.78, 5) is 16.1. The molecule has 1 rings (SSSR count). The minimum Gasteiger partial charge on any atom is -0.330 e. The van der Waals surface area contributed by atoms with E-state index in [-0.39, 0.29) is 11.7 Å². The molecule has 0 aliphatic heterocycles. The largest absolute Gasteiger partial charge is 0.330 e. The van der Waals surface area contributed by atoms with Gasteiger partial charge in [-0.05, 0) is 34.5 Å². The second-order valence-electron chi connectivity index (χ2n) is 3.83. The van der Waals surface area contributed by atoms with E-state index in [9.17, 15) is 4.79 Å². The van der Waals surface area contributed by atoms with Crippen LogP contribution in [0.3, 0.4) is 0 Å². The molecule has 1 aromatic rings. The zero-order valence-corrected chi connectivity index (χ0v) is 11.0. The standard InChI is InChI=1S/C12H17BrN2O/c1-2-3-9(7-14)12(16)6-11-5-4-10(13)8-15-11/h4-5,8-9H,2-3,6-7,14H2,1H3. The number of pyridine rings is 1. The first-order chi connectivity index (χ1) is 7.67. The molecule has 0 bridgehead atoms. The molecule has 0 aromatic carbocycles. The number of nitrogens with zero attached hydrogens (tertiary/aromatic N) is 1. The van der Waals surface area contributed by atoms with Gasteiger partial charge in [0.2, 0.25) is 0 Å². The molecule has 0 fully saturated rings. The van der Waals surface area contributed by atoms with E-state index in [2.05, 4.69) is 27.8 Å². The number of Topliss-reactive ketones (excluding diaryl/α,β-unsaturated/α-hetero) is 1. The Balaban J connectivity index is 2.59. The van der Waals surface area contributed by atoms with Gasteiger partial charge in [0.25, 0.3) is 0 Å². The van der Waals surface area contributed by atoms with Gasteiger partial charge in [0, 0.05) is 35.2 Å². The van der Waals surface area contributed by atoms with Crippen LogP contribution in [0.1, 0.15) is 25.5 Å². The van der Waals surface area contributed by atoms with Gasteiger partial charge in [-0.2, -0.15) is 0 Å². The smallest absolute Gasteiger partial charge is 0.143 e. The summed E-state index contributed by atoms with van der Waals surface area (Å²) < 4.78 is 0.924. The number of rotatable bonds is 6. The van der Waals surface area contributed by atoms with Crippen LogP contribution in [0.25, 0.3) is 0 Å². The molecule has 0 aliphatic rings. The topological polar surface area (TPSA) is 56.0 Å². The monoisotopic (exact) mass is 284 g/mol. The van der Waals surface area contributed by atoms with Crippen LogP contribution in [-0.4, -0.2) is 17.3 Å². The third-order valence-electron chi connectivity index (χ3n) is 2.52. The van der Waals surface area contributed by atoms with Crippen LogP contribution in [0.15, 0.2) is 22.8 Å². The van der Waals surface area contributed by atoms with Gasteiger partial charge in [0.05, 0.1) is 0 Å². The fraction of sp³-hybridized carbons (Fsp3) is 0.500. The summed E-state index contributed by atoms with van der Waals surface area (Å²) in [6.07, 6.45) is 3.95. The molecule has 1 unspecified atom stereocenters. The van der Waals surface area contributed by atoms with Gasteiger partial charge < -0.3 is 5.73 Å². The van der Waals surface area contributed by atoms with Crippen LogP contribution in [0, 0.1) is 5.92 Å². The van der Waals surface area contributed by atoms with Gasteiger partial charge in [-0.1, -0.05) is 13.3 Å². The van der Waals surface area contributed by atoms with E-state index in [1.165, 1.54) is 0 Å². The van der Waals surface area contributed by atoms with E-state index in [4.69, 9.17) is 5.73 Å². The molecule has 0 amide bonds. The highest BCUT2D eigenvalue weighted by atomic mass is 79.9. The lowest BCUT2D eigenvalue weighted by atomic mass is 9.95. The molecule has 0 saturated heterocycles. The fourth-order valence-corrected chi connectivity index (χ4v) is 1.83. The maximum absolute atomic E-state index is 11.9. The van der Waals surface area contributed by atoms with Gasteiger partial charge in [0.15, 0.2) is 0 Å². The summed E-state index contributed by atoms with van der Waals surface area (Å²) in [7, 11) is 0. The third-order valence-corrected chi connectivity index (χ3v) is 2.99. The lowest BCUT2D eigenvalue weighted by Gasteiger charge is -2.11. The average Bonchev–Trinajstić information content (AvgIpc) is 2.29. The Morgan fingerprint density at radius 2 is 2.31 bits per heavy atom. The van der Waals surface area contributed by atoms with E-state index in [1.54, 1.807) is 6.20 Å². The number of carbonyl (C=O) groups is 1. The Kier molecular flexibility index (Phi) is 5.63. The second kappa shape index (κ2) is 6.76. The minimum absolute atomic E-state index is 0.0181. The predicted molar refractivity (Wildman–Crippen MR) is 68.1 cm³/mol. The molecule has 0 spiro atoms. The van der Waals surface area contributed by atoms with Crippen molar-refractivity contribution in [3.63, 3.8) is 0 Å². The molecule has 2 N–H and O–H groups in total. The van der Waals surface area contributed by atoms with E-state index >= 15 is 0 Å². The zero-order valence-electron chi connectivity index (χ0n) is 9.45. The lowest BCUT2D eigenvalue weighted by molar-refractivity contribution is -0.122. The van der Waals surface area contributed by atoms with Gasteiger partial charge in [0.1, 0.15) is 5.78 Å². The molecule has 3 nitrogen and oxygen atoms in total. The van der Waals surface area contributed by atoms with Crippen molar-refractivity contribution < 1.29 is 4.79 Å². The molecule has 1 heterocycles. The van der Waals surface area contributed by atoms with Crippen LogP contribution >= 0.6 is 15.9 Å². The molecular formula is C12H17BrN2O. The maximum Gasteiger partial charge on any atom is 0.143 e. The molecule has 0 radical (unpaired) electrons. The van der Waals surface area contributed by atoms with Crippen molar-refractivity contribution in [2.75, 3.05) is 6.54 Å². The van der Waals surface area contributed by atoms with Gasteiger partial charge in [-0.15, -0.1) is 0 Å². The fourth-order valence-electron chi connectivity index (χ4n) is 1.59. The van der Waals surface area contributed by atoms with Crippen molar-refractivity contribution in [1.82, 2.24) is 4.98 Å². The highest BCUT2D eigenvalue weighted by Crippen LogP contribution is 2.12. The van der Waals surface area contributed by atoms with Crippen molar-refractivity contribution in [1.29, 1.82) is 0 Å². The number of carbonyl (C=O) groups excluding carboxylic acids is 1. The Labute approximate surface area is 105 Å². The third kappa shape index (κ3) is 4.02. The van der Waals surface area contributed by atoms with E-state index < -0.39 is 0 Å². The molecule has 16 heavy (non-hydrogen) atoms. The highest BCUT2D eigenvalue weighted by molar-refractivity contribution is 9.10. The van der Waals surface area contributed by atoms with Crippen LogP contribution in [0.5, 0.6) is 0 Å². The van der Waals surface area contributed by atoms with E-state index in [0.717, 1.165) is 23.0 Å². The van der Waals surface area contributed by atoms with Crippen LogP contribution in [-0.2, 0) is 11.2 Å². The highest BCUT2D eigenvalue weighted by Gasteiger charge is 2.16. The Bertz CT molecular complexity index is 337. The number of hydrogen-bond donors (Lipinski definition) is 1. The zero-order chi connectivity index (χ0) is 12.0. The average molecular weight is 285 g/mol. The van der Waals surface area contributed by atoms with Crippen LogP contribution < -0.4 is 5.73 Å². The number of aromatic nitrogens is 1. The normalized spacial score (nSPS) is 12.4. The molecule has 1 aromatic heterocycles. The summed E-state index contributed by atoms with van der Waals surface area (Å²) in [5.74, 6) is 0.176.